The van der Waals surface area contributed by atoms with Crippen LogP contribution < -0.4 is 5.32 Å². The normalized spacial score (nSPS) is 18.7. The van der Waals surface area contributed by atoms with Gasteiger partial charge in [-0.25, -0.2) is 8.42 Å². The second-order valence-corrected chi connectivity index (χ2v) is 7.15. The Labute approximate surface area is 134 Å². The fraction of sp³-hybridized carbons (Fsp3) is 0.600. The van der Waals surface area contributed by atoms with Gasteiger partial charge in [-0.15, -0.1) is 12.4 Å². The maximum absolute atomic E-state index is 12.9. The van der Waals surface area contributed by atoms with Gasteiger partial charge >= 0.3 is 0 Å². The van der Waals surface area contributed by atoms with Crippen LogP contribution in [0.1, 0.15) is 32.3 Å². The Morgan fingerprint density at radius 1 is 1.33 bits per heavy atom. The van der Waals surface area contributed by atoms with Crippen LogP contribution in [0.2, 0.25) is 0 Å². The van der Waals surface area contributed by atoms with Crippen molar-refractivity contribution in [1.29, 1.82) is 0 Å². The molecule has 1 atom stereocenters. The van der Waals surface area contributed by atoms with Gasteiger partial charge in [-0.2, -0.15) is 4.31 Å². The van der Waals surface area contributed by atoms with Gasteiger partial charge in [-0.1, -0.05) is 26.0 Å². The molecule has 1 saturated heterocycles. The Morgan fingerprint density at radius 3 is 2.67 bits per heavy atom. The van der Waals surface area contributed by atoms with Crippen LogP contribution in [0.25, 0.3) is 0 Å². The maximum Gasteiger partial charge on any atom is 0.243 e. The fourth-order valence-electron chi connectivity index (χ4n) is 2.67. The summed E-state index contributed by atoms with van der Waals surface area (Å²) in [5.74, 6) is 0. The first-order chi connectivity index (χ1) is 9.59. The number of nitrogens with one attached hydrogen (secondary N) is 1. The Morgan fingerprint density at radius 2 is 2.10 bits per heavy atom. The highest BCUT2D eigenvalue weighted by Gasteiger charge is 2.32. The summed E-state index contributed by atoms with van der Waals surface area (Å²) in [4.78, 5) is 0.428. The van der Waals surface area contributed by atoms with Crippen molar-refractivity contribution in [1.82, 2.24) is 9.62 Å². The number of hydrogen-bond donors (Lipinski definition) is 1. The highest BCUT2D eigenvalue weighted by Crippen LogP contribution is 2.22. The zero-order valence-corrected chi connectivity index (χ0v) is 14.3. The number of aryl methyl sites for hydroxylation is 1. The molecule has 1 N–H and O–H groups in total. The van der Waals surface area contributed by atoms with Crippen molar-refractivity contribution in [2.75, 3.05) is 19.6 Å². The minimum atomic E-state index is -3.39. The largest absolute Gasteiger partial charge is 0.315 e. The van der Waals surface area contributed by atoms with E-state index in [2.05, 4.69) is 5.32 Å². The molecule has 1 aromatic rings. The molecule has 6 heteroatoms. The maximum atomic E-state index is 12.9. The number of nitrogens with zero attached hydrogens (tertiary/aromatic N) is 1. The van der Waals surface area contributed by atoms with E-state index in [9.17, 15) is 8.42 Å². The molecule has 0 radical (unpaired) electrons. The van der Waals surface area contributed by atoms with Crippen molar-refractivity contribution in [3.8, 4) is 0 Å². The van der Waals surface area contributed by atoms with E-state index in [0.29, 0.717) is 11.4 Å². The average molecular weight is 333 g/mol. The summed E-state index contributed by atoms with van der Waals surface area (Å²) in [6.45, 7) is 6.30. The Bertz CT molecular complexity index is 542. The van der Waals surface area contributed by atoms with Gasteiger partial charge in [0.05, 0.1) is 4.90 Å². The molecule has 0 bridgehead atoms. The van der Waals surface area contributed by atoms with Crippen molar-refractivity contribution < 1.29 is 8.42 Å². The van der Waals surface area contributed by atoms with Gasteiger partial charge in [0, 0.05) is 19.1 Å². The van der Waals surface area contributed by atoms with Crippen LogP contribution >= 0.6 is 12.4 Å². The Hall–Kier alpha value is -0.620. The molecular formula is C15H25ClN2O2S. The third-order valence-electron chi connectivity index (χ3n) is 3.80. The van der Waals surface area contributed by atoms with Crippen LogP contribution in [0, 0.1) is 0 Å². The molecule has 1 aliphatic heterocycles. The van der Waals surface area contributed by atoms with E-state index in [1.807, 2.05) is 26.0 Å². The molecule has 1 unspecified atom stereocenters. The number of hydrogen-bond acceptors (Lipinski definition) is 3. The summed E-state index contributed by atoms with van der Waals surface area (Å²) in [7, 11) is -3.39. The summed E-state index contributed by atoms with van der Waals surface area (Å²) in [6.07, 6.45) is 2.58. The predicted octanol–water partition coefficient (Wildman–Crippen LogP) is 2.43. The molecule has 21 heavy (non-hydrogen) atoms. The molecule has 0 amide bonds. The van der Waals surface area contributed by atoms with Crippen molar-refractivity contribution in [3.05, 3.63) is 29.8 Å². The molecule has 4 nitrogen and oxygen atoms in total. The van der Waals surface area contributed by atoms with Gasteiger partial charge in [-0.3, -0.25) is 0 Å². The summed E-state index contributed by atoms with van der Waals surface area (Å²) in [5, 5.41) is 3.25. The second kappa shape index (κ2) is 8.13. The van der Waals surface area contributed by atoms with Gasteiger partial charge in [-0.05, 0) is 43.5 Å². The molecule has 1 fully saturated rings. The van der Waals surface area contributed by atoms with Crippen molar-refractivity contribution in [3.63, 3.8) is 0 Å². The zero-order chi connectivity index (χ0) is 14.6. The van der Waals surface area contributed by atoms with Crippen LogP contribution in [0.3, 0.4) is 0 Å². The summed E-state index contributed by atoms with van der Waals surface area (Å²) >= 11 is 0. The number of halogens is 1. The first kappa shape index (κ1) is 18.4. The van der Waals surface area contributed by atoms with Crippen LogP contribution in [0.4, 0.5) is 0 Å². The second-order valence-electron chi connectivity index (χ2n) is 5.26. The number of rotatable bonds is 6. The van der Waals surface area contributed by atoms with Crippen LogP contribution in [0.15, 0.2) is 29.2 Å². The molecule has 1 heterocycles. The molecule has 1 aliphatic rings. The predicted molar refractivity (Wildman–Crippen MR) is 88.5 cm³/mol. The van der Waals surface area contributed by atoms with Crippen LogP contribution in [-0.4, -0.2) is 38.4 Å². The fourth-order valence-corrected chi connectivity index (χ4v) is 4.48. The molecule has 0 aliphatic carbocycles. The monoisotopic (exact) mass is 332 g/mol. The van der Waals surface area contributed by atoms with E-state index in [4.69, 9.17) is 0 Å². The van der Waals surface area contributed by atoms with E-state index >= 15 is 0 Å². The third-order valence-corrected chi connectivity index (χ3v) is 5.75. The summed E-state index contributed by atoms with van der Waals surface area (Å²) in [5.41, 5.74) is 1.06. The van der Waals surface area contributed by atoms with E-state index in [1.54, 1.807) is 16.4 Å². The molecule has 0 saturated carbocycles. The standard InChI is InChI=1S/C15H24N2O2S.ClH/c1-3-10-17(14-8-9-16-12-14)20(18,19)15-7-5-6-13(4-2)11-15;/h5-7,11,14,16H,3-4,8-10,12H2,1-2H3;1H. The van der Waals surface area contributed by atoms with Gasteiger partial charge in [0.2, 0.25) is 10.0 Å². The minimum absolute atomic E-state index is 0. The van der Waals surface area contributed by atoms with Gasteiger partial charge in [0.1, 0.15) is 0 Å². The lowest BCUT2D eigenvalue weighted by atomic mass is 10.2. The van der Waals surface area contributed by atoms with Crippen molar-refractivity contribution in [2.24, 2.45) is 0 Å². The zero-order valence-electron chi connectivity index (χ0n) is 12.7. The first-order valence-corrected chi connectivity index (χ1v) is 8.85. The molecule has 120 valence electrons. The number of benzene rings is 1. The molecule has 2 rings (SSSR count). The van der Waals surface area contributed by atoms with E-state index in [0.717, 1.165) is 37.9 Å². The first-order valence-electron chi connectivity index (χ1n) is 7.41. The van der Waals surface area contributed by atoms with Gasteiger partial charge in [0.25, 0.3) is 0 Å². The molecule has 0 spiro atoms. The van der Waals surface area contributed by atoms with Gasteiger partial charge in [0.15, 0.2) is 0 Å². The Kier molecular flexibility index (Phi) is 7.13. The van der Waals surface area contributed by atoms with Gasteiger partial charge < -0.3 is 5.32 Å². The lowest BCUT2D eigenvalue weighted by Crippen LogP contribution is -2.42. The SMILES string of the molecule is CCCN(C1CCNC1)S(=O)(=O)c1cccc(CC)c1.Cl. The summed E-state index contributed by atoms with van der Waals surface area (Å²) in [6, 6.07) is 7.41. The smallest absolute Gasteiger partial charge is 0.243 e. The Balaban J connectivity index is 0.00000220. The van der Waals surface area contributed by atoms with E-state index in [-0.39, 0.29) is 18.4 Å². The topological polar surface area (TPSA) is 49.4 Å². The minimum Gasteiger partial charge on any atom is -0.315 e. The quantitative estimate of drug-likeness (QED) is 0.870. The van der Waals surface area contributed by atoms with Crippen molar-refractivity contribution >= 4 is 22.4 Å². The third kappa shape index (κ3) is 4.19. The lowest BCUT2D eigenvalue weighted by molar-refractivity contribution is 0.335. The van der Waals surface area contributed by atoms with Crippen LogP contribution in [-0.2, 0) is 16.4 Å². The summed E-state index contributed by atoms with van der Waals surface area (Å²) < 4.78 is 27.4. The molecule has 1 aromatic carbocycles. The van der Waals surface area contributed by atoms with E-state index in [1.165, 1.54) is 0 Å². The van der Waals surface area contributed by atoms with Crippen molar-refractivity contribution in [2.45, 2.75) is 44.0 Å². The van der Waals surface area contributed by atoms with E-state index < -0.39 is 10.0 Å². The number of sulfonamides is 1. The molecule has 0 aromatic heterocycles. The molecular weight excluding hydrogens is 308 g/mol. The lowest BCUT2D eigenvalue weighted by Gasteiger charge is -2.27. The highest BCUT2D eigenvalue weighted by molar-refractivity contribution is 7.89. The highest BCUT2D eigenvalue weighted by atomic mass is 35.5. The van der Waals surface area contributed by atoms with Crippen LogP contribution in [0.5, 0.6) is 0 Å². The average Bonchev–Trinajstić information content (AvgIpc) is 2.98.